The van der Waals surface area contributed by atoms with Crippen molar-refractivity contribution in [2.75, 3.05) is 10.6 Å². The van der Waals surface area contributed by atoms with E-state index in [4.69, 9.17) is 9.15 Å². The van der Waals surface area contributed by atoms with E-state index >= 15 is 0 Å². The number of nitrogens with one attached hydrogen (secondary N) is 3. The molecule has 3 N–H and O–H groups in total. The van der Waals surface area contributed by atoms with E-state index in [-0.39, 0.29) is 11.7 Å². The Balaban J connectivity index is 1.84. The fourth-order valence-electron chi connectivity index (χ4n) is 2.15. The molecule has 1 aromatic heterocycles. The molecule has 2 rings (SSSR count). The molecular formula is C19H21N3O6. The van der Waals surface area contributed by atoms with Crippen LogP contribution in [-0.4, -0.2) is 35.8 Å². The molecule has 0 saturated carbocycles. The zero-order valence-corrected chi connectivity index (χ0v) is 15.6. The van der Waals surface area contributed by atoms with Crippen LogP contribution in [0.4, 0.5) is 11.4 Å². The number of carbonyl (C=O) groups is 4. The molecule has 3 amide bonds. The van der Waals surface area contributed by atoms with Crippen LogP contribution >= 0.6 is 0 Å². The molecule has 0 aliphatic heterocycles. The number of amides is 3. The number of hydrogen-bond acceptors (Lipinski definition) is 6. The lowest BCUT2D eigenvalue weighted by atomic mass is 10.2. The minimum atomic E-state index is -1.08. The van der Waals surface area contributed by atoms with Crippen molar-refractivity contribution >= 4 is 35.1 Å². The highest BCUT2D eigenvalue weighted by atomic mass is 16.5. The Kier molecular flexibility index (Phi) is 6.91. The summed E-state index contributed by atoms with van der Waals surface area (Å²) in [6.07, 6.45) is 0.262. The van der Waals surface area contributed by atoms with Crippen molar-refractivity contribution in [3.63, 3.8) is 0 Å². The van der Waals surface area contributed by atoms with Gasteiger partial charge in [0.2, 0.25) is 5.91 Å². The Labute approximate surface area is 161 Å². The van der Waals surface area contributed by atoms with Crippen LogP contribution in [0, 0.1) is 0 Å². The van der Waals surface area contributed by atoms with Gasteiger partial charge in [-0.15, -0.1) is 0 Å². The van der Waals surface area contributed by atoms with Gasteiger partial charge in [-0.2, -0.15) is 0 Å². The summed E-state index contributed by atoms with van der Waals surface area (Å²) in [6.45, 7) is 4.25. The molecule has 9 nitrogen and oxygen atoms in total. The smallest absolute Gasteiger partial charge is 0.329 e. The van der Waals surface area contributed by atoms with E-state index in [2.05, 4.69) is 16.0 Å². The van der Waals surface area contributed by atoms with E-state index in [1.807, 2.05) is 0 Å². The van der Waals surface area contributed by atoms with Crippen molar-refractivity contribution in [1.82, 2.24) is 5.32 Å². The quantitative estimate of drug-likeness (QED) is 0.623. The van der Waals surface area contributed by atoms with Crippen molar-refractivity contribution in [2.24, 2.45) is 0 Å². The standard InChI is InChI=1S/C19H21N3O6/c1-11(20-18(25)16-5-4-10-27-16)19(26)28-12(2)17(24)22-15-8-6-14(7-9-15)21-13(3)23/h4-12H,1-3H3,(H,20,25)(H,21,23)(H,22,24)/t11-,12+/m0/s1. The van der Waals surface area contributed by atoms with Gasteiger partial charge >= 0.3 is 5.97 Å². The maximum absolute atomic E-state index is 12.2. The molecule has 2 atom stereocenters. The summed E-state index contributed by atoms with van der Waals surface area (Å²) in [5.41, 5.74) is 1.06. The van der Waals surface area contributed by atoms with Crippen LogP contribution in [0.1, 0.15) is 31.3 Å². The molecule has 9 heteroatoms. The van der Waals surface area contributed by atoms with E-state index in [0.717, 1.165) is 0 Å². The number of furan rings is 1. The minimum Gasteiger partial charge on any atom is -0.459 e. The largest absolute Gasteiger partial charge is 0.459 e. The molecule has 0 saturated heterocycles. The maximum atomic E-state index is 12.2. The minimum absolute atomic E-state index is 0.0631. The van der Waals surface area contributed by atoms with Gasteiger partial charge in [0.25, 0.3) is 11.8 Å². The van der Waals surface area contributed by atoms with Crippen LogP contribution < -0.4 is 16.0 Å². The predicted molar refractivity (Wildman–Crippen MR) is 101 cm³/mol. The van der Waals surface area contributed by atoms with Crippen LogP contribution in [0.3, 0.4) is 0 Å². The SMILES string of the molecule is CC(=O)Nc1ccc(NC(=O)[C@@H](C)OC(=O)[C@H](C)NC(=O)c2ccco2)cc1. The second-order valence-corrected chi connectivity index (χ2v) is 6.00. The van der Waals surface area contributed by atoms with Gasteiger partial charge in [0.05, 0.1) is 6.26 Å². The monoisotopic (exact) mass is 387 g/mol. The van der Waals surface area contributed by atoms with Gasteiger partial charge in [0.15, 0.2) is 11.9 Å². The number of carbonyl (C=O) groups excluding carboxylic acids is 4. The number of rotatable bonds is 7. The second kappa shape index (κ2) is 9.36. The summed E-state index contributed by atoms with van der Waals surface area (Å²) in [7, 11) is 0. The van der Waals surface area contributed by atoms with Gasteiger partial charge in [0, 0.05) is 18.3 Å². The van der Waals surface area contributed by atoms with Gasteiger partial charge in [-0.25, -0.2) is 4.79 Å². The average molecular weight is 387 g/mol. The first-order chi connectivity index (χ1) is 13.3. The van der Waals surface area contributed by atoms with E-state index in [1.54, 1.807) is 30.3 Å². The van der Waals surface area contributed by atoms with E-state index in [1.165, 1.54) is 33.1 Å². The van der Waals surface area contributed by atoms with Crippen LogP contribution in [-0.2, 0) is 19.1 Å². The van der Waals surface area contributed by atoms with Gasteiger partial charge < -0.3 is 25.1 Å². The molecule has 0 aliphatic rings. The summed E-state index contributed by atoms with van der Waals surface area (Å²) >= 11 is 0. The van der Waals surface area contributed by atoms with Gasteiger partial charge in [-0.05, 0) is 50.2 Å². The number of hydrogen-bond donors (Lipinski definition) is 3. The Morgan fingerprint density at radius 1 is 0.964 bits per heavy atom. The highest BCUT2D eigenvalue weighted by Gasteiger charge is 2.24. The van der Waals surface area contributed by atoms with Crippen molar-refractivity contribution in [1.29, 1.82) is 0 Å². The average Bonchev–Trinajstić information content (AvgIpc) is 3.17. The van der Waals surface area contributed by atoms with Crippen LogP contribution in [0.5, 0.6) is 0 Å². The van der Waals surface area contributed by atoms with Crippen LogP contribution in [0.2, 0.25) is 0 Å². The van der Waals surface area contributed by atoms with Crippen LogP contribution in [0.15, 0.2) is 47.1 Å². The lowest BCUT2D eigenvalue weighted by Crippen LogP contribution is -2.42. The summed E-state index contributed by atoms with van der Waals surface area (Å²) in [4.78, 5) is 47.1. The molecule has 0 bridgehead atoms. The Morgan fingerprint density at radius 2 is 1.57 bits per heavy atom. The first kappa shape index (κ1) is 20.7. The predicted octanol–water partition coefficient (Wildman–Crippen LogP) is 1.93. The van der Waals surface area contributed by atoms with E-state index in [0.29, 0.717) is 11.4 Å². The lowest BCUT2D eigenvalue weighted by molar-refractivity contribution is -0.154. The molecule has 1 aromatic carbocycles. The van der Waals surface area contributed by atoms with Crippen molar-refractivity contribution < 1.29 is 28.3 Å². The Hall–Kier alpha value is -3.62. The first-order valence-electron chi connectivity index (χ1n) is 8.49. The number of benzene rings is 1. The van der Waals surface area contributed by atoms with E-state index in [9.17, 15) is 19.2 Å². The first-order valence-corrected chi connectivity index (χ1v) is 8.49. The molecule has 2 aromatic rings. The number of anilines is 2. The normalized spacial score (nSPS) is 12.4. The summed E-state index contributed by atoms with van der Waals surface area (Å²) in [6, 6.07) is 8.49. The van der Waals surface area contributed by atoms with Crippen molar-refractivity contribution in [3.05, 3.63) is 48.4 Å². The van der Waals surface area contributed by atoms with Gasteiger partial charge in [-0.3, -0.25) is 14.4 Å². The molecule has 148 valence electrons. The topological polar surface area (TPSA) is 127 Å². The molecule has 0 radical (unpaired) electrons. The van der Waals surface area contributed by atoms with Crippen molar-refractivity contribution in [2.45, 2.75) is 32.9 Å². The maximum Gasteiger partial charge on any atom is 0.329 e. The Morgan fingerprint density at radius 3 is 2.11 bits per heavy atom. The molecule has 0 aliphatic carbocycles. The fraction of sp³-hybridized carbons (Fsp3) is 0.263. The second-order valence-electron chi connectivity index (χ2n) is 6.00. The van der Waals surface area contributed by atoms with Crippen molar-refractivity contribution in [3.8, 4) is 0 Å². The summed E-state index contributed by atoms with van der Waals surface area (Å²) in [5, 5.41) is 7.63. The fourth-order valence-corrected chi connectivity index (χ4v) is 2.15. The molecule has 0 fully saturated rings. The third kappa shape index (κ3) is 5.97. The van der Waals surface area contributed by atoms with Gasteiger partial charge in [-0.1, -0.05) is 0 Å². The number of esters is 1. The molecular weight excluding hydrogens is 366 g/mol. The molecule has 1 heterocycles. The third-order valence-corrected chi connectivity index (χ3v) is 3.58. The molecule has 28 heavy (non-hydrogen) atoms. The molecule has 0 unspecified atom stereocenters. The third-order valence-electron chi connectivity index (χ3n) is 3.58. The molecule has 0 spiro atoms. The lowest BCUT2D eigenvalue weighted by Gasteiger charge is -2.17. The summed E-state index contributed by atoms with van der Waals surface area (Å²) in [5.74, 6) is -2.00. The van der Waals surface area contributed by atoms with E-state index < -0.39 is 29.9 Å². The number of ether oxygens (including phenoxy) is 1. The van der Waals surface area contributed by atoms with Gasteiger partial charge in [0.1, 0.15) is 6.04 Å². The highest BCUT2D eigenvalue weighted by molar-refractivity contribution is 5.97. The van der Waals surface area contributed by atoms with Crippen LogP contribution in [0.25, 0.3) is 0 Å². The zero-order valence-electron chi connectivity index (χ0n) is 15.6. The zero-order chi connectivity index (χ0) is 20.7. The Bertz CT molecular complexity index is 845. The summed E-state index contributed by atoms with van der Waals surface area (Å²) < 4.78 is 10.0. The highest BCUT2D eigenvalue weighted by Crippen LogP contribution is 2.14.